The first-order valence-electron chi connectivity index (χ1n) is 10.2. The van der Waals surface area contributed by atoms with Crippen LogP contribution in [0.25, 0.3) is 6.08 Å². The van der Waals surface area contributed by atoms with Gasteiger partial charge in [-0.05, 0) is 77.0 Å². The van der Waals surface area contributed by atoms with Crippen molar-refractivity contribution in [2.45, 2.75) is 6.92 Å². The lowest BCUT2D eigenvalue weighted by Crippen LogP contribution is -2.30. The number of hydrogen-bond donors (Lipinski definition) is 2. The maximum atomic E-state index is 13.1. The van der Waals surface area contributed by atoms with E-state index in [1.54, 1.807) is 30.3 Å². The van der Waals surface area contributed by atoms with Crippen LogP contribution in [0.5, 0.6) is 5.75 Å². The number of benzene rings is 3. The molecule has 3 rings (SSSR count). The number of nitrogens with one attached hydrogen (secondary N) is 2. The Labute approximate surface area is 209 Å². The van der Waals surface area contributed by atoms with Crippen molar-refractivity contribution in [1.29, 1.82) is 0 Å². The fourth-order valence-electron chi connectivity index (χ4n) is 3.03. The van der Waals surface area contributed by atoms with E-state index in [1.807, 2.05) is 0 Å². The molecule has 0 saturated carbocycles. The van der Waals surface area contributed by atoms with Crippen molar-refractivity contribution in [3.63, 3.8) is 0 Å². The van der Waals surface area contributed by atoms with E-state index in [0.29, 0.717) is 27.0 Å². The monoisotopic (exact) mass is 537 g/mol. The van der Waals surface area contributed by atoms with Crippen molar-refractivity contribution in [2.75, 3.05) is 12.4 Å². The molecule has 0 aliphatic rings. The maximum absolute atomic E-state index is 13.1. The molecule has 0 aromatic heterocycles. The molecule has 0 bridgehead atoms. The number of hydrogen-bond acceptors (Lipinski definition) is 6. The number of ketones is 1. The number of carbonyl (C=O) groups is 3. The number of nitro groups is 1. The van der Waals surface area contributed by atoms with E-state index in [9.17, 15) is 24.5 Å². The molecule has 0 unspecified atom stereocenters. The van der Waals surface area contributed by atoms with Crippen molar-refractivity contribution < 1.29 is 24.0 Å². The highest BCUT2D eigenvalue weighted by atomic mass is 79.9. The minimum absolute atomic E-state index is 0.107. The van der Waals surface area contributed by atoms with Crippen molar-refractivity contribution in [3.8, 4) is 5.75 Å². The number of non-ortho nitro benzene ring substituents is 1. The van der Waals surface area contributed by atoms with E-state index in [0.717, 1.165) is 0 Å². The summed E-state index contributed by atoms with van der Waals surface area (Å²) in [5.74, 6) is -0.841. The van der Waals surface area contributed by atoms with Gasteiger partial charge in [0.25, 0.3) is 17.5 Å². The number of halogens is 1. The predicted octanol–water partition coefficient (Wildman–Crippen LogP) is 4.98. The van der Waals surface area contributed by atoms with Gasteiger partial charge in [0.15, 0.2) is 5.78 Å². The number of Topliss-reactive ketones (excluding diaryl/α,β-unsaturated/α-hetero) is 1. The molecule has 0 spiro atoms. The molecule has 35 heavy (non-hydrogen) atoms. The lowest BCUT2D eigenvalue weighted by molar-refractivity contribution is -0.384. The second kappa shape index (κ2) is 11.2. The Balaban J connectivity index is 1.93. The van der Waals surface area contributed by atoms with Gasteiger partial charge < -0.3 is 15.4 Å². The summed E-state index contributed by atoms with van der Waals surface area (Å²) in [7, 11) is 1.50. The molecule has 10 heteroatoms. The number of methoxy groups -OCH3 is 1. The average Bonchev–Trinajstić information content (AvgIpc) is 2.83. The van der Waals surface area contributed by atoms with Gasteiger partial charge in [0, 0.05) is 28.9 Å². The van der Waals surface area contributed by atoms with Crippen molar-refractivity contribution in [1.82, 2.24) is 5.32 Å². The van der Waals surface area contributed by atoms with Crippen LogP contribution >= 0.6 is 15.9 Å². The minimum atomic E-state index is -0.648. The molecule has 2 N–H and O–H groups in total. The Bertz CT molecular complexity index is 1340. The van der Waals surface area contributed by atoms with Gasteiger partial charge in [-0.2, -0.15) is 0 Å². The van der Waals surface area contributed by atoms with Crippen LogP contribution in [0.4, 0.5) is 11.4 Å². The third kappa shape index (κ3) is 6.61. The molecule has 0 atom stereocenters. The van der Waals surface area contributed by atoms with Crippen LogP contribution in [0.3, 0.4) is 0 Å². The molecule has 0 fully saturated rings. The second-order valence-corrected chi connectivity index (χ2v) is 8.16. The lowest BCUT2D eigenvalue weighted by atomic mass is 10.1. The summed E-state index contributed by atoms with van der Waals surface area (Å²) in [5.41, 5.74) is 1.27. The van der Waals surface area contributed by atoms with Crippen LogP contribution < -0.4 is 15.4 Å². The quantitative estimate of drug-likeness (QED) is 0.180. The zero-order valence-electron chi connectivity index (χ0n) is 18.7. The van der Waals surface area contributed by atoms with Crippen LogP contribution in [-0.2, 0) is 4.79 Å². The lowest BCUT2D eigenvalue weighted by Gasteiger charge is -2.12. The third-order valence-corrected chi connectivity index (χ3v) is 5.47. The summed E-state index contributed by atoms with van der Waals surface area (Å²) in [4.78, 5) is 48.1. The summed E-state index contributed by atoms with van der Waals surface area (Å²) >= 11 is 3.32. The van der Waals surface area contributed by atoms with Crippen LogP contribution in [0.1, 0.15) is 33.2 Å². The van der Waals surface area contributed by atoms with Gasteiger partial charge in [0.1, 0.15) is 11.4 Å². The number of nitro benzene ring substituents is 1. The molecule has 0 radical (unpaired) electrons. The van der Waals surface area contributed by atoms with Crippen molar-refractivity contribution >= 4 is 51.0 Å². The average molecular weight is 538 g/mol. The first-order valence-corrected chi connectivity index (χ1v) is 11.0. The Morgan fingerprint density at radius 2 is 1.71 bits per heavy atom. The zero-order valence-corrected chi connectivity index (χ0v) is 20.3. The van der Waals surface area contributed by atoms with Gasteiger partial charge in [0.2, 0.25) is 0 Å². The molecule has 2 amide bonds. The molecule has 3 aromatic carbocycles. The molecule has 3 aromatic rings. The number of anilines is 1. The third-order valence-electron chi connectivity index (χ3n) is 4.85. The summed E-state index contributed by atoms with van der Waals surface area (Å²) in [6.45, 7) is 1.41. The highest BCUT2D eigenvalue weighted by Crippen LogP contribution is 2.25. The Hall–Kier alpha value is -4.31. The summed E-state index contributed by atoms with van der Waals surface area (Å²) in [6.07, 6.45) is 1.39. The Morgan fingerprint density at radius 1 is 1.00 bits per heavy atom. The van der Waals surface area contributed by atoms with E-state index < -0.39 is 16.7 Å². The first kappa shape index (κ1) is 25.3. The van der Waals surface area contributed by atoms with Gasteiger partial charge >= 0.3 is 0 Å². The van der Waals surface area contributed by atoms with E-state index in [1.165, 1.54) is 56.5 Å². The van der Waals surface area contributed by atoms with Gasteiger partial charge in [-0.1, -0.05) is 12.1 Å². The molecule has 0 heterocycles. The van der Waals surface area contributed by atoms with Crippen molar-refractivity contribution in [3.05, 3.63) is 104 Å². The summed E-state index contributed by atoms with van der Waals surface area (Å²) in [6, 6.07) is 16.6. The van der Waals surface area contributed by atoms with E-state index >= 15 is 0 Å². The standard InChI is InChI=1S/C25H20BrN3O6/c1-15(30)17-4-3-5-19(13-17)27-25(32)22(12-16-6-9-20(10-7-16)29(33)34)28-24(31)18-8-11-23(35-2)21(26)14-18/h3-14H,1-2H3,(H,27,32)(H,28,31)/b22-12-. The largest absolute Gasteiger partial charge is 0.496 e. The van der Waals surface area contributed by atoms with Crippen LogP contribution in [0, 0.1) is 10.1 Å². The van der Waals surface area contributed by atoms with Crippen LogP contribution in [-0.4, -0.2) is 29.6 Å². The van der Waals surface area contributed by atoms with Crippen LogP contribution in [0.2, 0.25) is 0 Å². The van der Waals surface area contributed by atoms with Gasteiger partial charge in [-0.15, -0.1) is 0 Å². The molecular weight excluding hydrogens is 518 g/mol. The van der Waals surface area contributed by atoms with Gasteiger partial charge in [-0.25, -0.2) is 0 Å². The summed E-state index contributed by atoms with van der Waals surface area (Å²) in [5, 5.41) is 16.2. The molecule has 0 saturated heterocycles. The topological polar surface area (TPSA) is 128 Å². The molecule has 178 valence electrons. The molecule has 0 aliphatic heterocycles. The van der Waals surface area contributed by atoms with Crippen LogP contribution in [0.15, 0.2) is 76.9 Å². The number of carbonyl (C=O) groups excluding carboxylic acids is 3. The number of ether oxygens (including phenoxy) is 1. The Kier molecular flexibility index (Phi) is 8.11. The SMILES string of the molecule is COc1ccc(C(=O)N/C(=C\c2ccc([N+](=O)[O-])cc2)C(=O)Nc2cccc(C(C)=O)c2)cc1Br. The van der Waals surface area contributed by atoms with E-state index in [4.69, 9.17) is 4.74 Å². The second-order valence-electron chi connectivity index (χ2n) is 7.30. The molecule has 0 aliphatic carbocycles. The fraction of sp³-hybridized carbons (Fsp3) is 0.0800. The smallest absolute Gasteiger partial charge is 0.272 e. The zero-order chi connectivity index (χ0) is 25.5. The first-order chi connectivity index (χ1) is 16.7. The number of amides is 2. The predicted molar refractivity (Wildman–Crippen MR) is 134 cm³/mol. The Morgan fingerprint density at radius 3 is 2.31 bits per heavy atom. The normalized spacial score (nSPS) is 10.9. The van der Waals surface area contributed by atoms with Gasteiger partial charge in [0.05, 0.1) is 16.5 Å². The number of nitrogens with zero attached hydrogens (tertiary/aromatic N) is 1. The minimum Gasteiger partial charge on any atom is -0.496 e. The highest BCUT2D eigenvalue weighted by molar-refractivity contribution is 9.10. The molecule has 9 nitrogen and oxygen atoms in total. The van der Waals surface area contributed by atoms with Gasteiger partial charge in [-0.3, -0.25) is 24.5 Å². The highest BCUT2D eigenvalue weighted by Gasteiger charge is 2.17. The fourth-order valence-corrected chi connectivity index (χ4v) is 3.57. The molecular formula is C25H20BrN3O6. The maximum Gasteiger partial charge on any atom is 0.272 e. The van der Waals surface area contributed by atoms with E-state index in [-0.39, 0.29) is 22.7 Å². The van der Waals surface area contributed by atoms with Crippen molar-refractivity contribution in [2.24, 2.45) is 0 Å². The summed E-state index contributed by atoms with van der Waals surface area (Å²) < 4.78 is 5.73. The van der Waals surface area contributed by atoms with E-state index in [2.05, 4.69) is 26.6 Å². The number of rotatable bonds is 8.